The Morgan fingerprint density at radius 2 is 1.75 bits per heavy atom. The number of amides is 1. The van der Waals surface area contributed by atoms with E-state index in [1.54, 1.807) is 6.92 Å². The summed E-state index contributed by atoms with van der Waals surface area (Å²) >= 11 is 2.27. The fraction of sp³-hybridized carbons (Fsp3) is 0.579. The number of carboxylic acid groups (broad SMARTS) is 1. The van der Waals surface area contributed by atoms with Gasteiger partial charge < -0.3 is 10.4 Å². The lowest BCUT2D eigenvalue weighted by molar-refractivity contribution is -0.141. The van der Waals surface area contributed by atoms with Gasteiger partial charge in [-0.1, -0.05) is 45.7 Å². The summed E-state index contributed by atoms with van der Waals surface area (Å²) in [5, 5.41) is 11.7. The molecular formula is C19H30INO3. The van der Waals surface area contributed by atoms with Crippen molar-refractivity contribution in [2.24, 2.45) is 5.92 Å². The van der Waals surface area contributed by atoms with Crippen molar-refractivity contribution in [3.8, 4) is 0 Å². The number of nitrogens with one attached hydrogen (secondary N) is 1. The van der Waals surface area contributed by atoms with Gasteiger partial charge in [-0.05, 0) is 59.5 Å². The SMILES string of the molecule is CC.CC(CCCCCC(=O)NCCc1ccc(I)cc1)C(=O)O. The van der Waals surface area contributed by atoms with E-state index in [9.17, 15) is 9.59 Å². The Bertz CT molecular complexity index is 474. The third-order valence-electron chi connectivity index (χ3n) is 3.61. The van der Waals surface area contributed by atoms with Gasteiger partial charge in [-0.15, -0.1) is 0 Å². The maximum absolute atomic E-state index is 11.7. The van der Waals surface area contributed by atoms with Gasteiger partial charge in [-0.2, -0.15) is 0 Å². The molecule has 4 nitrogen and oxygen atoms in total. The lowest BCUT2D eigenvalue weighted by Gasteiger charge is -2.07. The molecule has 1 atom stereocenters. The Morgan fingerprint density at radius 3 is 2.33 bits per heavy atom. The number of hydrogen-bond donors (Lipinski definition) is 2. The zero-order valence-electron chi connectivity index (χ0n) is 15.0. The molecule has 0 spiro atoms. The van der Waals surface area contributed by atoms with Gasteiger partial charge >= 0.3 is 5.97 Å². The van der Waals surface area contributed by atoms with Gasteiger partial charge in [0.2, 0.25) is 5.91 Å². The highest BCUT2D eigenvalue weighted by Gasteiger charge is 2.09. The molecular weight excluding hydrogens is 417 g/mol. The summed E-state index contributed by atoms with van der Waals surface area (Å²) in [7, 11) is 0. The number of carbonyl (C=O) groups excluding carboxylic acids is 1. The van der Waals surface area contributed by atoms with Gasteiger partial charge in [0.05, 0.1) is 5.92 Å². The largest absolute Gasteiger partial charge is 0.481 e. The maximum atomic E-state index is 11.7. The molecule has 0 aliphatic heterocycles. The molecule has 1 aromatic rings. The van der Waals surface area contributed by atoms with Gasteiger partial charge in [0, 0.05) is 16.5 Å². The topological polar surface area (TPSA) is 66.4 Å². The number of rotatable bonds is 10. The number of benzene rings is 1. The third kappa shape index (κ3) is 11.4. The van der Waals surface area contributed by atoms with Crippen molar-refractivity contribution in [2.75, 3.05) is 6.54 Å². The van der Waals surface area contributed by atoms with Crippen LogP contribution in [0.3, 0.4) is 0 Å². The van der Waals surface area contributed by atoms with E-state index in [0.29, 0.717) is 19.4 Å². The first-order chi connectivity index (χ1) is 11.5. The van der Waals surface area contributed by atoms with Crippen molar-refractivity contribution in [2.45, 2.75) is 59.3 Å². The predicted molar refractivity (Wildman–Crippen MR) is 107 cm³/mol. The summed E-state index contributed by atoms with van der Waals surface area (Å²) in [4.78, 5) is 22.3. The number of halogens is 1. The van der Waals surface area contributed by atoms with E-state index in [1.165, 1.54) is 9.13 Å². The molecule has 136 valence electrons. The van der Waals surface area contributed by atoms with Crippen LogP contribution < -0.4 is 5.32 Å². The van der Waals surface area contributed by atoms with Crippen LogP contribution in [-0.4, -0.2) is 23.5 Å². The molecule has 0 aromatic heterocycles. The van der Waals surface area contributed by atoms with Crippen LogP contribution >= 0.6 is 22.6 Å². The molecule has 1 rings (SSSR count). The molecule has 0 fully saturated rings. The van der Waals surface area contributed by atoms with Gasteiger partial charge in [0.1, 0.15) is 0 Å². The minimum Gasteiger partial charge on any atom is -0.481 e. The normalized spacial score (nSPS) is 11.2. The Balaban J connectivity index is 0.00000254. The number of hydrogen-bond acceptors (Lipinski definition) is 2. The average Bonchev–Trinajstić information content (AvgIpc) is 2.58. The summed E-state index contributed by atoms with van der Waals surface area (Å²) in [6, 6.07) is 8.29. The number of aliphatic carboxylic acids is 1. The molecule has 5 heteroatoms. The van der Waals surface area contributed by atoms with Crippen LogP contribution in [-0.2, 0) is 16.0 Å². The lowest BCUT2D eigenvalue weighted by atomic mass is 10.0. The molecule has 0 radical (unpaired) electrons. The minimum atomic E-state index is -0.742. The fourth-order valence-electron chi connectivity index (χ4n) is 2.12. The molecule has 2 N–H and O–H groups in total. The van der Waals surface area contributed by atoms with E-state index in [2.05, 4.69) is 52.2 Å². The third-order valence-corrected chi connectivity index (χ3v) is 4.33. The van der Waals surface area contributed by atoms with Crippen LogP contribution in [0.2, 0.25) is 0 Å². The summed E-state index contributed by atoms with van der Waals surface area (Å²) in [6.45, 7) is 6.38. The van der Waals surface area contributed by atoms with Crippen molar-refractivity contribution < 1.29 is 14.7 Å². The molecule has 1 amide bonds. The van der Waals surface area contributed by atoms with Crippen LogP contribution in [0, 0.1) is 9.49 Å². The monoisotopic (exact) mass is 447 g/mol. The molecule has 0 aliphatic carbocycles. The second kappa shape index (κ2) is 14.3. The average molecular weight is 447 g/mol. The molecule has 0 saturated carbocycles. The van der Waals surface area contributed by atoms with Crippen LogP contribution in [0.1, 0.15) is 58.4 Å². The Kier molecular flexibility index (Phi) is 13.6. The highest BCUT2D eigenvalue weighted by molar-refractivity contribution is 14.1. The van der Waals surface area contributed by atoms with Crippen molar-refractivity contribution >= 4 is 34.5 Å². The van der Waals surface area contributed by atoms with E-state index in [-0.39, 0.29) is 11.8 Å². The van der Waals surface area contributed by atoms with Crippen molar-refractivity contribution in [1.29, 1.82) is 0 Å². The number of unbranched alkanes of at least 4 members (excludes halogenated alkanes) is 2. The quantitative estimate of drug-likeness (QED) is 0.406. The van der Waals surface area contributed by atoms with Crippen molar-refractivity contribution in [1.82, 2.24) is 5.32 Å². The van der Waals surface area contributed by atoms with E-state index >= 15 is 0 Å². The molecule has 24 heavy (non-hydrogen) atoms. The van der Waals surface area contributed by atoms with Crippen LogP contribution in [0.4, 0.5) is 0 Å². The zero-order valence-corrected chi connectivity index (χ0v) is 17.1. The summed E-state index contributed by atoms with van der Waals surface area (Å²) in [5.74, 6) is -0.951. The summed E-state index contributed by atoms with van der Waals surface area (Å²) in [5.41, 5.74) is 1.23. The maximum Gasteiger partial charge on any atom is 0.306 e. The highest BCUT2D eigenvalue weighted by Crippen LogP contribution is 2.10. The van der Waals surface area contributed by atoms with E-state index in [4.69, 9.17) is 5.11 Å². The Morgan fingerprint density at radius 1 is 1.12 bits per heavy atom. The number of carboxylic acids is 1. The van der Waals surface area contributed by atoms with Gasteiger partial charge in [0.25, 0.3) is 0 Å². The Hall–Kier alpha value is -1.11. The van der Waals surface area contributed by atoms with E-state index in [0.717, 1.165) is 25.7 Å². The van der Waals surface area contributed by atoms with Crippen LogP contribution in [0.15, 0.2) is 24.3 Å². The van der Waals surface area contributed by atoms with E-state index < -0.39 is 5.97 Å². The Labute approximate surface area is 159 Å². The minimum absolute atomic E-state index is 0.0804. The molecule has 1 unspecified atom stereocenters. The first-order valence-electron chi connectivity index (χ1n) is 8.73. The molecule has 1 aromatic carbocycles. The predicted octanol–water partition coefficient (Wildman–Crippen LogP) is 4.65. The summed E-state index contributed by atoms with van der Waals surface area (Å²) in [6.07, 6.45) is 4.64. The second-order valence-corrected chi connectivity index (χ2v) is 6.81. The standard InChI is InChI=1S/C17H24INO3.C2H6/c1-13(17(21)22)5-3-2-4-6-16(20)19-12-11-14-7-9-15(18)10-8-14;1-2/h7-10,13H,2-6,11-12H2,1H3,(H,19,20)(H,21,22);1-2H3. The molecule has 0 bridgehead atoms. The first-order valence-corrected chi connectivity index (χ1v) is 9.81. The molecule has 0 aliphatic rings. The van der Waals surface area contributed by atoms with Crippen LogP contribution in [0.25, 0.3) is 0 Å². The van der Waals surface area contributed by atoms with E-state index in [1.807, 2.05) is 13.8 Å². The van der Waals surface area contributed by atoms with Crippen LogP contribution in [0.5, 0.6) is 0 Å². The van der Waals surface area contributed by atoms with Crippen molar-refractivity contribution in [3.63, 3.8) is 0 Å². The molecule has 0 saturated heterocycles. The van der Waals surface area contributed by atoms with Gasteiger partial charge in [-0.25, -0.2) is 0 Å². The summed E-state index contributed by atoms with van der Waals surface area (Å²) < 4.78 is 1.21. The zero-order chi connectivity index (χ0) is 18.4. The van der Waals surface area contributed by atoms with Crippen molar-refractivity contribution in [3.05, 3.63) is 33.4 Å². The lowest BCUT2D eigenvalue weighted by Crippen LogP contribution is -2.25. The molecule has 0 heterocycles. The smallest absolute Gasteiger partial charge is 0.306 e. The van der Waals surface area contributed by atoms with Gasteiger partial charge in [0.15, 0.2) is 0 Å². The first kappa shape index (κ1) is 22.9. The second-order valence-electron chi connectivity index (χ2n) is 5.57. The fourth-order valence-corrected chi connectivity index (χ4v) is 2.48. The number of carbonyl (C=O) groups is 2. The van der Waals surface area contributed by atoms with Gasteiger partial charge in [-0.3, -0.25) is 9.59 Å². The highest BCUT2D eigenvalue weighted by atomic mass is 127.